The summed E-state index contributed by atoms with van der Waals surface area (Å²) in [5.74, 6) is 1.37. The number of nitrogens with one attached hydrogen (secondary N) is 1. The number of hydrogen-bond acceptors (Lipinski definition) is 4. The van der Waals surface area contributed by atoms with Crippen LogP contribution in [0.4, 0.5) is 0 Å². The Bertz CT molecular complexity index is 946. The van der Waals surface area contributed by atoms with Crippen molar-refractivity contribution < 1.29 is 19.1 Å². The second kappa shape index (κ2) is 10.7. The van der Waals surface area contributed by atoms with Crippen molar-refractivity contribution in [3.63, 3.8) is 0 Å². The first-order valence-corrected chi connectivity index (χ1v) is 10.5. The lowest BCUT2D eigenvalue weighted by Crippen LogP contribution is -2.41. The second-order valence-electron chi connectivity index (χ2n) is 7.80. The van der Waals surface area contributed by atoms with Crippen LogP contribution in [0.1, 0.15) is 34.3 Å². The van der Waals surface area contributed by atoms with Gasteiger partial charge in [-0.25, -0.2) is 0 Å². The van der Waals surface area contributed by atoms with Crippen molar-refractivity contribution in [1.82, 2.24) is 10.2 Å². The molecule has 0 unspecified atom stereocenters. The van der Waals surface area contributed by atoms with Gasteiger partial charge in [-0.2, -0.15) is 0 Å². The normalized spacial score (nSPS) is 14.5. The number of piperidine rings is 1. The van der Waals surface area contributed by atoms with Crippen LogP contribution in [-0.4, -0.2) is 50.6 Å². The van der Waals surface area contributed by atoms with Crippen LogP contribution in [0.5, 0.6) is 11.5 Å². The zero-order valence-electron chi connectivity index (χ0n) is 18.4. The van der Waals surface area contributed by atoms with Gasteiger partial charge >= 0.3 is 0 Å². The lowest BCUT2D eigenvalue weighted by atomic mass is 9.96. The van der Waals surface area contributed by atoms with Crippen LogP contribution in [0.2, 0.25) is 0 Å². The molecule has 6 heteroatoms. The third-order valence-corrected chi connectivity index (χ3v) is 5.58. The molecule has 0 atom stereocenters. The van der Waals surface area contributed by atoms with E-state index in [1.807, 2.05) is 36.1 Å². The van der Waals surface area contributed by atoms with Crippen molar-refractivity contribution >= 4 is 17.9 Å². The van der Waals surface area contributed by atoms with Crippen LogP contribution in [0.15, 0.2) is 48.5 Å². The summed E-state index contributed by atoms with van der Waals surface area (Å²) in [6, 6.07) is 13.2. The summed E-state index contributed by atoms with van der Waals surface area (Å²) in [4.78, 5) is 26.8. The lowest BCUT2D eigenvalue weighted by molar-refractivity contribution is -0.127. The Morgan fingerprint density at radius 2 is 1.81 bits per heavy atom. The fraction of sp³-hybridized carbons (Fsp3) is 0.360. The van der Waals surface area contributed by atoms with E-state index >= 15 is 0 Å². The SMILES string of the molecule is COc1ccc(C(=O)NCC2CCN(C(=O)/C=C/c3cccc(C)c3)CC2)cc1OC. The molecule has 31 heavy (non-hydrogen) atoms. The minimum atomic E-state index is -0.138. The lowest BCUT2D eigenvalue weighted by Gasteiger charge is -2.31. The first-order chi connectivity index (χ1) is 15.0. The number of carbonyl (C=O) groups is 2. The molecule has 0 aliphatic carbocycles. The Hall–Kier alpha value is -3.28. The Balaban J connectivity index is 1.45. The molecule has 0 aromatic heterocycles. The molecule has 1 saturated heterocycles. The Morgan fingerprint density at radius 3 is 2.48 bits per heavy atom. The summed E-state index contributed by atoms with van der Waals surface area (Å²) in [6.45, 7) is 4.03. The molecule has 164 valence electrons. The van der Waals surface area contributed by atoms with E-state index in [0.717, 1.165) is 18.4 Å². The highest BCUT2D eigenvalue weighted by Crippen LogP contribution is 2.27. The molecule has 0 spiro atoms. The fourth-order valence-electron chi connectivity index (χ4n) is 3.72. The minimum Gasteiger partial charge on any atom is -0.493 e. The Kier molecular flexibility index (Phi) is 7.70. The number of hydrogen-bond donors (Lipinski definition) is 1. The molecule has 0 saturated carbocycles. The second-order valence-corrected chi connectivity index (χ2v) is 7.80. The predicted molar refractivity (Wildman–Crippen MR) is 121 cm³/mol. The first kappa shape index (κ1) is 22.4. The van der Waals surface area contributed by atoms with Gasteiger partial charge in [0.1, 0.15) is 0 Å². The third-order valence-electron chi connectivity index (χ3n) is 5.58. The van der Waals surface area contributed by atoms with Gasteiger partial charge in [0.25, 0.3) is 5.91 Å². The van der Waals surface area contributed by atoms with Gasteiger partial charge in [0.2, 0.25) is 5.91 Å². The molecule has 1 fully saturated rings. The van der Waals surface area contributed by atoms with Gasteiger partial charge in [-0.05, 0) is 55.5 Å². The molecule has 2 amide bonds. The maximum absolute atomic E-state index is 12.5. The van der Waals surface area contributed by atoms with Crippen LogP contribution < -0.4 is 14.8 Å². The maximum Gasteiger partial charge on any atom is 0.251 e. The van der Waals surface area contributed by atoms with Gasteiger partial charge in [0, 0.05) is 31.3 Å². The van der Waals surface area contributed by atoms with E-state index in [1.54, 1.807) is 38.5 Å². The summed E-state index contributed by atoms with van der Waals surface area (Å²) in [7, 11) is 3.11. The first-order valence-electron chi connectivity index (χ1n) is 10.5. The van der Waals surface area contributed by atoms with Gasteiger partial charge in [0.05, 0.1) is 14.2 Å². The van der Waals surface area contributed by atoms with Crippen molar-refractivity contribution in [1.29, 1.82) is 0 Å². The van der Waals surface area contributed by atoms with Crippen molar-refractivity contribution in [2.75, 3.05) is 33.9 Å². The summed E-state index contributed by atoms with van der Waals surface area (Å²) >= 11 is 0. The van der Waals surface area contributed by atoms with E-state index in [2.05, 4.69) is 11.4 Å². The van der Waals surface area contributed by atoms with E-state index in [0.29, 0.717) is 42.6 Å². The number of amides is 2. The molecule has 2 aromatic carbocycles. The highest BCUT2D eigenvalue weighted by Gasteiger charge is 2.22. The number of rotatable bonds is 7. The van der Waals surface area contributed by atoms with Crippen LogP contribution >= 0.6 is 0 Å². The van der Waals surface area contributed by atoms with E-state index in [9.17, 15) is 9.59 Å². The molecule has 1 heterocycles. The number of aryl methyl sites for hydroxylation is 1. The van der Waals surface area contributed by atoms with E-state index in [1.165, 1.54) is 5.56 Å². The smallest absolute Gasteiger partial charge is 0.251 e. The zero-order chi connectivity index (χ0) is 22.2. The van der Waals surface area contributed by atoms with Crippen LogP contribution in [-0.2, 0) is 4.79 Å². The van der Waals surface area contributed by atoms with Crippen LogP contribution in [0.3, 0.4) is 0 Å². The number of methoxy groups -OCH3 is 2. The van der Waals surface area contributed by atoms with E-state index in [4.69, 9.17) is 9.47 Å². The minimum absolute atomic E-state index is 0.0364. The van der Waals surface area contributed by atoms with Crippen LogP contribution in [0, 0.1) is 12.8 Å². The third kappa shape index (κ3) is 6.10. The molecule has 6 nitrogen and oxygen atoms in total. The topological polar surface area (TPSA) is 67.9 Å². The predicted octanol–water partition coefficient (Wildman–Crippen LogP) is 3.69. The Morgan fingerprint density at radius 1 is 1.06 bits per heavy atom. The molecule has 3 rings (SSSR count). The highest BCUT2D eigenvalue weighted by molar-refractivity contribution is 5.95. The zero-order valence-corrected chi connectivity index (χ0v) is 18.4. The largest absolute Gasteiger partial charge is 0.493 e. The average molecular weight is 423 g/mol. The Labute approximate surface area is 183 Å². The molecular formula is C25H30N2O4. The molecule has 2 aromatic rings. The molecular weight excluding hydrogens is 392 g/mol. The molecule has 0 bridgehead atoms. The van der Waals surface area contributed by atoms with Crippen molar-refractivity contribution in [3.05, 3.63) is 65.2 Å². The highest BCUT2D eigenvalue weighted by atomic mass is 16.5. The van der Waals surface area contributed by atoms with Gasteiger partial charge in [-0.1, -0.05) is 29.8 Å². The fourth-order valence-corrected chi connectivity index (χ4v) is 3.72. The molecule has 1 aliphatic heterocycles. The van der Waals surface area contributed by atoms with Gasteiger partial charge < -0.3 is 19.7 Å². The standard InChI is InChI=1S/C25H30N2O4/c1-18-5-4-6-19(15-18)7-10-24(28)27-13-11-20(12-14-27)17-26-25(29)21-8-9-22(30-2)23(16-21)31-3/h4-10,15-16,20H,11-14,17H2,1-3H3,(H,26,29)/b10-7+. The van der Waals surface area contributed by atoms with Gasteiger partial charge in [-0.3, -0.25) is 9.59 Å². The molecule has 0 radical (unpaired) electrons. The van der Waals surface area contributed by atoms with Gasteiger partial charge in [-0.15, -0.1) is 0 Å². The molecule has 1 aliphatic rings. The van der Waals surface area contributed by atoms with Crippen LogP contribution in [0.25, 0.3) is 6.08 Å². The summed E-state index contributed by atoms with van der Waals surface area (Å²) in [5, 5.41) is 3.00. The monoisotopic (exact) mass is 422 g/mol. The number of benzene rings is 2. The molecule has 1 N–H and O–H groups in total. The van der Waals surface area contributed by atoms with Crippen molar-refractivity contribution in [2.24, 2.45) is 5.92 Å². The summed E-state index contributed by atoms with van der Waals surface area (Å²) in [6.07, 6.45) is 5.26. The van der Waals surface area contributed by atoms with E-state index in [-0.39, 0.29) is 11.8 Å². The average Bonchev–Trinajstić information content (AvgIpc) is 2.80. The number of carbonyl (C=O) groups excluding carboxylic acids is 2. The summed E-state index contributed by atoms with van der Waals surface area (Å²) in [5.41, 5.74) is 2.73. The van der Waals surface area contributed by atoms with Crippen molar-refractivity contribution in [3.8, 4) is 11.5 Å². The number of ether oxygens (including phenoxy) is 2. The summed E-state index contributed by atoms with van der Waals surface area (Å²) < 4.78 is 10.5. The van der Waals surface area contributed by atoms with Gasteiger partial charge in [0.15, 0.2) is 11.5 Å². The number of likely N-dealkylation sites (tertiary alicyclic amines) is 1. The van der Waals surface area contributed by atoms with Crippen molar-refractivity contribution in [2.45, 2.75) is 19.8 Å². The van der Waals surface area contributed by atoms with E-state index < -0.39 is 0 Å². The number of nitrogens with zero attached hydrogens (tertiary/aromatic N) is 1. The maximum atomic E-state index is 12.5. The quantitative estimate of drug-likeness (QED) is 0.691.